The highest BCUT2D eigenvalue weighted by molar-refractivity contribution is 5.58. The number of hydrogen-bond acceptors (Lipinski definition) is 5. The number of aryl methyl sites for hydroxylation is 1. The van der Waals surface area contributed by atoms with E-state index in [0.29, 0.717) is 24.8 Å². The van der Waals surface area contributed by atoms with Crippen molar-refractivity contribution in [1.82, 2.24) is 15.0 Å². The fourth-order valence-corrected chi connectivity index (χ4v) is 2.24. The minimum atomic E-state index is 0.141. The predicted octanol–water partition coefficient (Wildman–Crippen LogP) is 2.64. The molecule has 1 aromatic heterocycles. The van der Waals surface area contributed by atoms with E-state index in [-0.39, 0.29) is 6.61 Å². The Hall–Kier alpha value is -1.72. The maximum atomic E-state index is 9.13. The molecule has 2 aromatic rings. The summed E-state index contributed by atoms with van der Waals surface area (Å²) in [4.78, 5) is 6.61. The molecular formula is C16H23N3O2. The smallest absolute Gasteiger partial charge is 0.241 e. The highest BCUT2D eigenvalue weighted by Gasteiger charge is 2.13. The van der Waals surface area contributed by atoms with Crippen LogP contribution in [-0.4, -0.2) is 39.8 Å². The monoisotopic (exact) mass is 289 g/mol. The van der Waals surface area contributed by atoms with E-state index in [9.17, 15) is 0 Å². The van der Waals surface area contributed by atoms with Crippen LogP contribution in [0.2, 0.25) is 0 Å². The molecule has 5 nitrogen and oxygen atoms in total. The maximum Gasteiger partial charge on any atom is 0.241 e. The van der Waals surface area contributed by atoms with Gasteiger partial charge >= 0.3 is 0 Å². The standard InChI is InChI=1S/C16H23N3O2/c1-3-4-9-19(10-11-20)12-15-17-16(18-21-15)14-8-6-5-7-13(14)2/h5-8,20H,3-4,9-12H2,1-2H3. The van der Waals surface area contributed by atoms with Crippen LogP contribution >= 0.6 is 0 Å². The lowest BCUT2D eigenvalue weighted by Crippen LogP contribution is -2.27. The number of aromatic nitrogens is 2. The first kappa shape index (κ1) is 15.7. The van der Waals surface area contributed by atoms with Gasteiger partial charge in [-0.3, -0.25) is 4.90 Å². The second kappa shape index (κ2) is 7.90. The summed E-state index contributed by atoms with van der Waals surface area (Å²) in [5.74, 6) is 1.22. The summed E-state index contributed by atoms with van der Waals surface area (Å²) in [7, 11) is 0. The van der Waals surface area contributed by atoms with Gasteiger partial charge in [-0.1, -0.05) is 42.8 Å². The summed E-state index contributed by atoms with van der Waals surface area (Å²) in [6, 6.07) is 7.99. The minimum absolute atomic E-state index is 0.141. The highest BCUT2D eigenvalue weighted by Crippen LogP contribution is 2.20. The Morgan fingerprint density at radius 3 is 2.76 bits per heavy atom. The van der Waals surface area contributed by atoms with Crippen LogP contribution in [-0.2, 0) is 6.54 Å². The molecule has 0 atom stereocenters. The molecule has 0 aliphatic carbocycles. The maximum absolute atomic E-state index is 9.13. The van der Waals surface area contributed by atoms with Crippen LogP contribution in [0.3, 0.4) is 0 Å². The summed E-state index contributed by atoms with van der Waals surface area (Å²) < 4.78 is 5.35. The number of benzene rings is 1. The second-order valence-electron chi connectivity index (χ2n) is 5.18. The van der Waals surface area contributed by atoms with E-state index in [4.69, 9.17) is 9.63 Å². The van der Waals surface area contributed by atoms with E-state index in [1.807, 2.05) is 31.2 Å². The van der Waals surface area contributed by atoms with Gasteiger partial charge in [0.1, 0.15) is 0 Å². The SMILES string of the molecule is CCCCN(CCO)Cc1nc(-c2ccccc2C)no1. The summed E-state index contributed by atoms with van der Waals surface area (Å²) in [6.45, 7) is 6.47. The molecule has 5 heteroatoms. The fourth-order valence-electron chi connectivity index (χ4n) is 2.24. The Balaban J connectivity index is 2.06. The Morgan fingerprint density at radius 2 is 2.05 bits per heavy atom. The van der Waals surface area contributed by atoms with E-state index >= 15 is 0 Å². The molecule has 1 N–H and O–H groups in total. The molecule has 1 heterocycles. The third-order valence-corrected chi connectivity index (χ3v) is 3.46. The van der Waals surface area contributed by atoms with Crippen LogP contribution in [0.15, 0.2) is 28.8 Å². The van der Waals surface area contributed by atoms with Gasteiger partial charge in [0.05, 0.1) is 13.2 Å². The van der Waals surface area contributed by atoms with Crippen molar-refractivity contribution in [3.63, 3.8) is 0 Å². The summed E-state index contributed by atoms with van der Waals surface area (Å²) in [6.07, 6.45) is 2.22. The largest absolute Gasteiger partial charge is 0.395 e. The van der Waals surface area contributed by atoms with Crippen LogP contribution in [0.4, 0.5) is 0 Å². The molecule has 0 bridgehead atoms. The molecule has 1 aromatic carbocycles. The molecule has 114 valence electrons. The number of aliphatic hydroxyl groups is 1. The number of aliphatic hydroxyl groups excluding tert-OH is 1. The van der Waals surface area contributed by atoms with Gasteiger partial charge in [0.2, 0.25) is 11.7 Å². The zero-order chi connectivity index (χ0) is 15.1. The van der Waals surface area contributed by atoms with Crippen LogP contribution in [0.1, 0.15) is 31.2 Å². The third-order valence-electron chi connectivity index (χ3n) is 3.46. The van der Waals surface area contributed by atoms with Crippen molar-refractivity contribution < 1.29 is 9.63 Å². The molecule has 0 unspecified atom stereocenters. The van der Waals surface area contributed by atoms with Crippen molar-refractivity contribution in [2.45, 2.75) is 33.2 Å². The number of rotatable bonds is 8. The van der Waals surface area contributed by atoms with Crippen LogP contribution in [0.25, 0.3) is 11.4 Å². The van der Waals surface area contributed by atoms with Gasteiger partial charge in [0.15, 0.2) is 0 Å². The Labute approximate surface area is 125 Å². The van der Waals surface area contributed by atoms with Crippen LogP contribution in [0, 0.1) is 6.92 Å². The van der Waals surface area contributed by atoms with Crippen molar-refractivity contribution in [3.8, 4) is 11.4 Å². The lowest BCUT2D eigenvalue weighted by atomic mass is 10.1. The zero-order valence-corrected chi connectivity index (χ0v) is 12.7. The molecule has 2 rings (SSSR count). The molecule has 0 fully saturated rings. The summed E-state index contributed by atoms with van der Waals surface area (Å²) in [5, 5.41) is 13.2. The van der Waals surface area contributed by atoms with E-state index in [1.165, 1.54) is 0 Å². The number of nitrogens with zero attached hydrogens (tertiary/aromatic N) is 3. The zero-order valence-electron chi connectivity index (χ0n) is 12.7. The summed E-state index contributed by atoms with van der Waals surface area (Å²) in [5.41, 5.74) is 2.12. The Bertz CT molecular complexity index is 554. The number of hydrogen-bond donors (Lipinski definition) is 1. The Morgan fingerprint density at radius 1 is 1.24 bits per heavy atom. The van der Waals surface area contributed by atoms with Gasteiger partial charge in [-0.25, -0.2) is 0 Å². The van der Waals surface area contributed by atoms with Crippen molar-refractivity contribution in [2.24, 2.45) is 0 Å². The first-order valence-corrected chi connectivity index (χ1v) is 7.46. The van der Waals surface area contributed by atoms with Gasteiger partial charge < -0.3 is 9.63 Å². The third kappa shape index (κ3) is 4.37. The van der Waals surface area contributed by atoms with E-state index in [2.05, 4.69) is 22.0 Å². The van der Waals surface area contributed by atoms with Gasteiger partial charge in [-0.2, -0.15) is 4.98 Å². The lowest BCUT2D eigenvalue weighted by Gasteiger charge is -2.18. The Kier molecular flexibility index (Phi) is 5.90. The molecule has 0 radical (unpaired) electrons. The highest BCUT2D eigenvalue weighted by atomic mass is 16.5. The lowest BCUT2D eigenvalue weighted by molar-refractivity contribution is 0.172. The normalized spacial score (nSPS) is 11.2. The predicted molar refractivity (Wildman–Crippen MR) is 81.7 cm³/mol. The van der Waals surface area contributed by atoms with Gasteiger partial charge in [0, 0.05) is 12.1 Å². The molecule has 0 saturated heterocycles. The first-order chi connectivity index (χ1) is 10.2. The second-order valence-corrected chi connectivity index (χ2v) is 5.18. The molecule has 21 heavy (non-hydrogen) atoms. The molecular weight excluding hydrogens is 266 g/mol. The van der Waals surface area contributed by atoms with Crippen LogP contribution < -0.4 is 0 Å². The quantitative estimate of drug-likeness (QED) is 0.809. The van der Waals surface area contributed by atoms with Crippen molar-refractivity contribution in [3.05, 3.63) is 35.7 Å². The fraction of sp³-hybridized carbons (Fsp3) is 0.500. The average Bonchev–Trinajstić information content (AvgIpc) is 2.94. The molecule has 0 saturated carbocycles. The van der Waals surface area contributed by atoms with Gasteiger partial charge in [-0.15, -0.1) is 0 Å². The molecule has 0 amide bonds. The number of unbranched alkanes of at least 4 members (excludes halogenated alkanes) is 1. The van der Waals surface area contributed by atoms with Gasteiger partial charge in [-0.05, 0) is 25.5 Å². The molecule has 0 aliphatic heterocycles. The molecule has 0 spiro atoms. The van der Waals surface area contributed by atoms with Crippen molar-refractivity contribution in [2.75, 3.05) is 19.7 Å². The van der Waals surface area contributed by atoms with E-state index in [0.717, 1.165) is 30.5 Å². The topological polar surface area (TPSA) is 62.4 Å². The van der Waals surface area contributed by atoms with Gasteiger partial charge in [0.25, 0.3) is 0 Å². The van der Waals surface area contributed by atoms with Crippen LogP contribution in [0.5, 0.6) is 0 Å². The summed E-state index contributed by atoms with van der Waals surface area (Å²) >= 11 is 0. The average molecular weight is 289 g/mol. The first-order valence-electron chi connectivity index (χ1n) is 7.46. The molecule has 0 aliphatic rings. The minimum Gasteiger partial charge on any atom is -0.395 e. The van der Waals surface area contributed by atoms with E-state index < -0.39 is 0 Å². The van der Waals surface area contributed by atoms with Crippen molar-refractivity contribution >= 4 is 0 Å². The van der Waals surface area contributed by atoms with E-state index in [1.54, 1.807) is 0 Å². The van der Waals surface area contributed by atoms with Crippen molar-refractivity contribution in [1.29, 1.82) is 0 Å².